The molecule has 0 atom stereocenters. The van der Waals surface area contributed by atoms with Crippen molar-refractivity contribution in [1.29, 1.82) is 0 Å². The fourth-order valence-electron chi connectivity index (χ4n) is 2.20. The molecule has 0 heterocycles. The molecule has 0 aliphatic heterocycles. The number of methoxy groups -OCH3 is 1. The number of nitrogens with zero attached hydrogens (tertiary/aromatic N) is 1. The Kier molecular flexibility index (Phi) is 5.26. The fourth-order valence-corrected chi connectivity index (χ4v) is 2.76. The molecule has 2 aromatic rings. The Morgan fingerprint density at radius 1 is 1.08 bits per heavy atom. The summed E-state index contributed by atoms with van der Waals surface area (Å²) in [5, 5.41) is 11.0. The molecule has 7 heteroatoms. The topological polar surface area (TPSA) is 61.6 Å². The summed E-state index contributed by atoms with van der Waals surface area (Å²) < 4.78 is 11.2. The maximum atomic E-state index is 10.8. The zero-order valence-electron chi connectivity index (χ0n) is 13.7. The molecule has 0 aromatic heterocycles. The molecule has 5 nitrogen and oxygen atoms in total. The van der Waals surface area contributed by atoms with Crippen LogP contribution in [0, 0.1) is 10.1 Å². The van der Waals surface area contributed by atoms with Crippen LogP contribution in [0.4, 0.5) is 5.69 Å². The maximum absolute atomic E-state index is 10.8. The van der Waals surface area contributed by atoms with Gasteiger partial charge in [0.25, 0.3) is 5.69 Å². The number of nitro benzene ring substituents is 1. The van der Waals surface area contributed by atoms with Gasteiger partial charge in [0.15, 0.2) is 5.75 Å². The van der Waals surface area contributed by atoms with Crippen LogP contribution >= 0.6 is 23.2 Å². The van der Waals surface area contributed by atoms with Crippen molar-refractivity contribution < 1.29 is 14.4 Å². The predicted molar refractivity (Wildman–Crippen MR) is 94.9 cm³/mol. The van der Waals surface area contributed by atoms with E-state index >= 15 is 0 Å². The average molecular weight is 370 g/mol. The maximum Gasteiger partial charge on any atom is 0.272 e. The quantitative estimate of drug-likeness (QED) is 0.489. The summed E-state index contributed by atoms with van der Waals surface area (Å²) in [6.45, 7) is 6.17. The highest BCUT2D eigenvalue weighted by atomic mass is 35.5. The van der Waals surface area contributed by atoms with Crippen molar-refractivity contribution in [2.24, 2.45) is 0 Å². The number of rotatable bonds is 4. The van der Waals surface area contributed by atoms with Crippen LogP contribution in [-0.2, 0) is 5.41 Å². The summed E-state index contributed by atoms with van der Waals surface area (Å²) in [7, 11) is 1.61. The number of halogens is 2. The van der Waals surface area contributed by atoms with Crippen molar-refractivity contribution in [1.82, 2.24) is 0 Å². The first kappa shape index (κ1) is 18.4. The van der Waals surface area contributed by atoms with E-state index in [0.29, 0.717) is 5.75 Å². The van der Waals surface area contributed by atoms with Gasteiger partial charge < -0.3 is 9.47 Å². The van der Waals surface area contributed by atoms with Crippen molar-refractivity contribution in [2.75, 3.05) is 7.11 Å². The zero-order valence-corrected chi connectivity index (χ0v) is 15.2. The van der Waals surface area contributed by atoms with Gasteiger partial charge in [0, 0.05) is 17.7 Å². The number of ether oxygens (including phenoxy) is 2. The Balaban J connectivity index is 2.44. The minimum atomic E-state index is -0.563. The van der Waals surface area contributed by atoms with Crippen molar-refractivity contribution in [3.05, 3.63) is 56.1 Å². The van der Waals surface area contributed by atoms with E-state index in [2.05, 4.69) is 20.8 Å². The second kappa shape index (κ2) is 6.87. The molecule has 0 unspecified atom stereocenters. The molecule has 0 aliphatic carbocycles. The third-order valence-corrected chi connectivity index (χ3v) is 3.95. The van der Waals surface area contributed by atoms with Gasteiger partial charge in [0.2, 0.25) is 0 Å². The fraction of sp³-hybridized carbons (Fsp3) is 0.294. The van der Waals surface area contributed by atoms with E-state index in [1.54, 1.807) is 19.2 Å². The highest BCUT2D eigenvalue weighted by molar-refractivity contribution is 6.37. The van der Waals surface area contributed by atoms with Crippen LogP contribution in [0.3, 0.4) is 0 Å². The first-order chi connectivity index (χ1) is 11.1. The van der Waals surface area contributed by atoms with Gasteiger partial charge in [-0.1, -0.05) is 44.0 Å². The Morgan fingerprint density at radius 3 is 2.12 bits per heavy atom. The summed E-state index contributed by atoms with van der Waals surface area (Å²) in [6, 6.07) is 7.77. The zero-order chi connectivity index (χ0) is 18.1. The van der Waals surface area contributed by atoms with Gasteiger partial charge in [-0.15, -0.1) is 0 Å². The predicted octanol–water partition coefficient (Wildman–Crippen LogP) is 6.00. The lowest BCUT2D eigenvalue weighted by Crippen LogP contribution is -2.12. The van der Waals surface area contributed by atoms with Crippen molar-refractivity contribution >= 4 is 28.9 Å². The summed E-state index contributed by atoms with van der Waals surface area (Å²) >= 11 is 12.2. The molecule has 0 saturated heterocycles. The second-order valence-corrected chi connectivity index (χ2v) is 7.02. The standard InChI is InChI=1S/C17H17Cl2NO4/c1-17(2,3)12-9-11(5-6-15(12)23-4)24-16-13(18)7-10(20(21)22)8-14(16)19/h5-9H,1-4H3. The van der Waals surface area contributed by atoms with Crippen LogP contribution in [0.15, 0.2) is 30.3 Å². The first-order valence-electron chi connectivity index (χ1n) is 7.13. The second-order valence-electron chi connectivity index (χ2n) is 6.21. The highest BCUT2D eigenvalue weighted by Crippen LogP contribution is 2.41. The largest absolute Gasteiger partial charge is 0.496 e. The van der Waals surface area contributed by atoms with Gasteiger partial charge in [0.05, 0.1) is 22.1 Å². The van der Waals surface area contributed by atoms with Crippen molar-refractivity contribution in [2.45, 2.75) is 26.2 Å². The molecular weight excluding hydrogens is 353 g/mol. The highest BCUT2D eigenvalue weighted by Gasteiger charge is 2.21. The lowest BCUT2D eigenvalue weighted by molar-refractivity contribution is -0.384. The van der Waals surface area contributed by atoms with Crippen LogP contribution in [0.5, 0.6) is 17.2 Å². The van der Waals surface area contributed by atoms with Crippen LogP contribution in [0.25, 0.3) is 0 Å². The lowest BCUT2D eigenvalue weighted by Gasteiger charge is -2.23. The normalized spacial score (nSPS) is 11.2. The van der Waals surface area contributed by atoms with E-state index in [1.165, 1.54) is 12.1 Å². The summed E-state index contributed by atoms with van der Waals surface area (Å²) in [6.07, 6.45) is 0. The Bertz CT molecular complexity index is 762. The molecule has 0 spiro atoms. The third kappa shape index (κ3) is 3.91. The van der Waals surface area contributed by atoms with E-state index in [1.807, 2.05) is 6.07 Å². The van der Waals surface area contributed by atoms with E-state index in [9.17, 15) is 10.1 Å². The van der Waals surface area contributed by atoms with Gasteiger partial charge >= 0.3 is 0 Å². The van der Waals surface area contributed by atoms with E-state index in [4.69, 9.17) is 32.7 Å². The lowest BCUT2D eigenvalue weighted by atomic mass is 9.86. The summed E-state index contributed by atoms with van der Waals surface area (Å²) in [5.41, 5.74) is 0.604. The Morgan fingerprint density at radius 2 is 1.67 bits per heavy atom. The molecule has 2 rings (SSSR count). The number of benzene rings is 2. The SMILES string of the molecule is COc1ccc(Oc2c(Cl)cc([N+](=O)[O-])cc2Cl)cc1C(C)(C)C. The van der Waals surface area contributed by atoms with Gasteiger partial charge in [-0.05, 0) is 23.6 Å². The van der Waals surface area contributed by atoms with E-state index < -0.39 is 4.92 Å². The monoisotopic (exact) mass is 369 g/mol. The molecule has 0 amide bonds. The smallest absolute Gasteiger partial charge is 0.272 e. The molecular formula is C17H17Cl2NO4. The van der Waals surface area contributed by atoms with Crippen LogP contribution in [0.2, 0.25) is 10.0 Å². The molecule has 0 bridgehead atoms. The average Bonchev–Trinajstić information content (AvgIpc) is 2.49. The third-order valence-electron chi connectivity index (χ3n) is 3.39. The van der Waals surface area contributed by atoms with E-state index in [0.717, 1.165) is 11.3 Å². The molecule has 24 heavy (non-hydrogen) atoms. The van der Waals surface area contributed by atoms with Gasteiger partial charge in [-0.2, -0.15) is 0 Å². The van der Waals surface area contributed by atoms with Crippen molar-refractivity contribution in [3.8, 4) is 17.2 Å². The molecule has 0 radical (unpaired) electrons. The summed E-state index contributed by atoms with van der Waals surface area (Å²) in [4.78, 5) is 10.3. The molecule has 0 saturated carbocycles. The first-order valence-corrected chi connectivity index (χ1v) is 7.89. The van der Waals surface area contributed by atoms with Gasteiger partial charge in [-0.25, -0.2) is 0 Å². The van der Waals surface area contributed by atoms with Crippen LogP contribution in [0.1, 0.15) is 26.3 Å². The molecule has 128 valence electrons. The molecule has 0 N–H and O–H groups in total. The number of nitro groups is 1. The van der Waals surface area contributed by atoms with E-state index in [-0.39, 0.29) is 26.9 Å². The minimum Gasteiger partial charge on any atom is -0.496 e. The molecule has 2 aromatic carbocycles. The minimum absolute atomic E-state index is 0.0716. The van der Waals surface area contributed by atoms with Gasteiger partial charge in [-0.3, -0.25) is 10.1 Å². The van der Waals surface area contributed by atoms with Crippen LogP contribution < -0.4 is 9.47 Å². The Hall–Kier alpha value is -1.98. The van der Waals surface area contributed by atoms with Crippen molar-refractivity contribution in [3.63, 3.8) is 0 Å². The molecule has 0 fully saturated rings. The summed E-state index contributed by atoms with van der Waals surface area (Å²) in [5.74, 6) is 1.43. The van der Waals surface area contributed by atoms with Crippen LogP contribution in [-0.4, -0.2) is 12.0 Å². The molecule has 0 aliphatic rings. The Labute approximate surface area is 150 Å². The van der Waals surface area contributed by atoms with Gasteiger partial charge in [0.1, 0.15) is 11.5 Å². The number of non-ortho nitro benzene ring substituents is 1. The number of hydrogen-bond donors (Lipinski definition) is 0. The number of hydrogen-bond acceptors (Lipinski definition) is 4.